The SMILES string of the molecule is Cc1sc(NC(=O)c2ccc[nH]2)nc1-c1ccc(Br)cc1. The van der Waals surface area contributed by atoms with Crippen LogP contribution >= 0.6 is 27.3 Å². The third kappa shape index (κ3) is 3.06. The van der Waals surface area contributed by atoms with E-state index >= 15 is 0 Å². The first kappa shape index (κ1) is 14.0. The van der Waals surface area contributed by atoms with E-state index in [1.807, 2.05) is 31.2 Å². The number of rotatable bonds is 3. The van der Waals surface area contributed by atoms with Gasteiger partial charge in [0.15, 0.2) is 5.13 Å². The molecule has 3 aromatic rings. The monoisotopic (exact) mass is 361 g/mol. The van der Waals surface area contributed by atoms with Crippen LogP contribution in [0.3, 0.4) is 0 Å². The first-order valence-corrected chi connectivity index (χ1v) is 7.92. The van der Waals surface area contributed by atoms with Crippen LogP contribution in [0.1, 0.15) is 15.4 Å². The molecule has 0 saturated carbocycles. The van der Waals surface area contributed by atoms with Gasteiger partial charge in [0.1, 0.15) is 5.69 Å². The van der Waals surface area contributed by atoms with Gasteiger partial charge in [-0.3, -0.25) is 10.1 Å². The maximum Gasteiger partial charge on any atom is 0.273 e. The zero-order chi connectivity index (χ0) is 14.8. The molecule has 3 rings (SSSR count). The molecule has 2 aromatic heterocycles. The molecule has 0 aliphatic carbocycles. The van der Waals surface area contributed by atoms with Crippen LogP contribution in [0.4, 0.5) is 5.13 Å². The molecule has 0 spiro atoms. The quantitative estimate of drug-likeness (QED) is 0.723. The number of thiazole rings is 1. The predicted molar refractivity (Wildman–Crippen MR) is 88.7 cm³/mol. The minimum Gasteiger partial charge on any atom is -0.357 e. The second-order valence-corrected chi connectivity index (χ2v) is 6.59. The van der Waals surface area contributed by atoms with E-state index in [0.29, 0.717) is 10.8 Å². The van der Waals surface area contributed by atoms with Gasteiger partial charge in [-0.1, -0.05) is 28.1 Å². The molecule has 0 aliphatic heterocycles. The summed E-state index contributed by atoms with van der Waals surface area (Å²) in [4.78, 5) is 20.5. The number of aryl methyl sites for hydroxylation is 1. The van der Waals surface area contributed by atoms with Crippen molar-refractivity contribution in [2.24, 2.45) is 0 Å². The molecule has 4 nitrogen and oxygen atoms in total. The van der Waals surface area contributed by atoms with Crippen molar-refractivity contribution < 1.29 is 4.79 Å². The van der Waals surface area contributed by atoms with Crippen molar-refractivity contribution in [2.75, 3.05) is 5.32 Å². The van der Waals surface area contributed by atoms with Crippen LogP contribution in [0.5, 0.6) is 0 Å². The second-order valence-electron chi connectivity index (χ2n) is 4.47. The third-order valence-electron chi connectivity index (χ3n) is 2.98. The topological polar surface area (TPSA) is 57.8 Å². The number of H-pyrrole nitrogens is 1. The number of anilines is 1. The van der Waals surface area contributed by atoms with Gasteiger partial charge >= 0.3 is 0 Å². The normalized spacial score (nSPS) is 10.6. The summed E-state index contributed by atoms with van der Waals surface area (Å²) in [5.41, 5.74) is 2.45. The Morgan fingerprint density at radius 3 is 2.71 bits per heavy atom. The molecule has 0 atom stereocenters. The van der Waals surface area contributed by atoms with Gasteiger partial charge in [0, 0.05) is 21.1 Å². The Labute approximate surface area is 134 Å². The van der Waals surface area contributed by atoms with Crippen LogP contribution in [-0.2, 0) is 0 Å². The van der Waals surface area contributed by atoms with E-state index in [-0.39, 0.29) is 5.91 Å². The second kappa shape index (κ2) is 5.83. The zero-order valence-corrected chi connectivity index (χ0v) is 13.6. The molecule has 21 heavy (non-hydrogen) atoms. The van der Waals surface area contributed by atoms with E-state index in [4.69, 9.17) is 0 Å². The average Bonchev–Trinajstić information content (AvgIpc) is 3.10. The minimum absolute atomic E-state index is 0.184. The van der Waals surface area contributed by atoms with Crippen molar-refractivity contribution in [3.8, 4) is 11.3 Å². The Balaban J connectivity index is 1.84. The van der Waals surface area contributed by atoms with Gasteiger partial charge in [-0.15, -0.1) is 11.3 Å². The van der Waals surface area contributed by atoms with Crippen LogP contribution in [0.2, 0.25) is 0 Å². The summed E-state index contributed by atoms with van der Waals surface area (Å²) in [5, 5.41) is 3.42. The number of hydrogen-bond acceptors (Lipinski definition) is 3. The van der Waals surface area contributed by atoms with Crippen molar-refractivity contribution in [1.82, 2.24) is 9.97 Å². The van der Waals surface area contributed by atoms with E-state index in [1.54, 1.807) is 18.3 Å². The molecule has 0 unspecified atom stereocenters. The van der Waals surface area contributed by atoms with Gasteiger partial charge in [-0.2, -0.15) is 0 Å². The lowest BCUT2D eigenvalue weighted by atomic mass is 10.1. The molecule has 2 heterocycles. The molecule has 106 valence electrons. The molecular formula is C15H12BrN3OS. The molecule has 0 radical (unpaired) electrons. The Morgan fingerprint density at radius 1 is 1.29 bits per heavy atom. The largest absolute Gasteiger partial charge is 0.357 e. The molecule has 0 saturated heterocycles. The fraction of sp³-hybridized carbons (Fsp3) is 0.0667. The number of hydrogen-bond donors (Lipinski definition) is 2. The van der Waals surface area contributed by atoms with Gasteiger partial charge < -0.3 is 4.98 Å². The number of benzene rings is 1. The van der Waals surface area contributed by atoms with Crippen LogP contribution < -0.4 is 5.32 Å². The summed E-state index contributed by atoms with van der Waals surface area (Å²) >= 11 is 4.89. The molecule has 0 aliphatic rings. The van der Waals surface area contributed by atoms with E-state index in [9.17, 15) is 4.79 Å². The summed E-state index contributed by atoms with van der Waals surface area (Å²) in [6.07, 6.45) is 1.72. The fourth-order valence-electron chi connectivity index (χ4n) is 1.96. The van der Waals surface area contributed by atoms with Crippen LogP contribution in [-0.4, -0.2) is 15.9 Å². The van der Waals surface area contributed by atoms with Crippen LogP contribution in [0.15, 0.2) is 47.1 Å². The van der Waals surface area contributed by atoms with Gasteiger partial charge in [-0.05, 0) is 31.2 Å². The highest BCUT2D eigenvalue weighted by Crippen LogP contribution is 2.31. The van der Waals surface area contributed by atoms with Crippen molar-refractivity contribution >= 4 is 38.3 Å². The Hall–Kier alpha value is -1.92. The van der Waals surface area contributed by atoms with Crippen molar-refractivity contribution in [1.29, 1.82) is 0 Å². The molecule has 1 aromatic carbocycles. The molecule has 0 bridgehead atoms. The molecular weight excluding hydrogens is 350 g/mol. The van der Waals surface area contributed by atoms with Crippen molar-refractivity contribution in [3.63, 3.8) is 0 Å². The lowest BCUT2D eigenvalue weighted by Crippen LogP contribution is -2.11. The highest BCUT2D eigenvalue weighted by molar-refractivity contribution is 9.10. The first-order chi connectivity index (χ1) is 10.1. The van der Waals surface area contributed by atoms with Crippen molar-refractivity contribution in [3.05, 3.63) is 57.6 Å². The fourth-order valence-corrected chi connectivity index (χ4v) is 3.06. The number of amides is 1. The summed E-state index contributed by atoms with van der Waals surface area (Å²) in [6.45, 7) is 2.00. The smallest absolute Gasteiger partial charge is 0.273 e. The van der Waals surface area contributed by atoms with Gasteiger partial charge in [0.05, 0.1) is 5.69 Å². The van der Waals surface area contributed by atoms with E-state index in [0.717, 1.165) is 20.6 Å². The number of nitrogens with zero attached hydrogens (tertiary/aromatic N) is 1. The van der Waals surface area contributed by atoms with E-state index < -0.39 is 0 Å². The number of carbonyl (C=O) groups excluding carboxylic acids is 1. The van der Waals surface area contributed by atoms with Gasteiger partial charge in [-0.25, -0.2) is 4.98 Å². The number of halogens is 1. The maximum atomic E-state index is 12.0. The summed E-state index contributed by atoms with van der Waals surface area (Å²) in [5.74, 6) is -0.184. The standard InChI is InChI=1S/C15H12BrN3OS/c1-9-13(10-4-6-11(16)7-5-10)18-15(21-9)19-14(20)12-3-2-8-17-12/h2-8,17H,1H3,(H,18,19,20). The molecule has 0 fully saturated rings. The Morgan fingerprint density at radius 2 is 2.05 bits per heavy atom. The Kier molecular flexibility index (Phi) is 3.90. The first-order valence-electron chi connectivity index (χ1n) is 6.31. The minimum atomic E-state index is -0.184. The van der Waals surface area contributed by atoms with Gasteiger partial charge in [0.25, 0.3) is 5.91 Å². The zero-order valence-electron chi connectivity index (χ0n) is 11.2. The van der Waals surface area contributed by atoms with Crippen LogP contribution in [0.25, 0.3) is 11.3 Å². The number of carbonyl (C=O) groups is 1. The van der Waals surface area contributed by atoms with E-state index in [2.05, 4.69) is 31.2 Å². The maximum absolute atomic E-state index is 12.0. The van der Waals surface area contributed by atoms with E-state index in [1.165, 1.54) is 11.3 Å². The molecule has 2 N–H and O–H groups in total. The molecule has 6 heteroatoms. The van der Waals surface area contributed by atoms with Crippen molar-refractivity contribution in [2.45, 2.75) is 6.92 Å². The third-order valence-corrected chi connectivity index (χ3v) is 4.39. The highest BCUT2D eigenvalue weighted by atomic mass is 79.9. The summed E-state index contributed by atoms with van der Waals surface area (Å²) in [7, 11) is 0. The van der Waals surface area contributed by atoms with Crippen LogP contribution in [0, 0.1) is 6.92 Å². The lowest BCUT2D eigenvalue weighted by Gasteiger charge is -1.99. The lowest BCUT2D eigenvalue weighted by molar-refractivity contribution is 0.102. The Bertz CT molecular complexity index is 763. The van der Waals surface area contributed by atoms with Gasteiger partial charge in [0.2, 0.25) is 0 Å². The average molecular weight is 362 g/mol. The number of aromatic amines is 1. The highest BCUT2D eigenvalue weighted by Gasteiger charge is 2.13. The molecule has 1 amide bonds. The predicted octanol–water partition coefficient (Wildman–Crippen LogP) is 4.46. The summed E-state index contributed by atoms with van der Waals surface area (Å²) in [6, 6.07) is 11.5. The summed E-state index contributed by atoms with van der Waals surface area (Å²) < 4.78 is 1.03. The number of aromatic nitrogens is 2. The number of nitrogens with one attached hydrogen (secondary N) is 2.